The maximum absolute atomic E-state index is 12.8. The minimum Gasteiger partial charge on any atom is -0.465 e. The van der Waals surface area contributed by atoms with E-state index in [4.69, 9.17) is 9.40 Å². The van der Waals surface area contributed by atoms with Crippen LogP contribution in [0, 0.1) is 12.8 Å². The fourth-order valence-corrected chi connectivity index (χ4v) is 5.12. The first-order chi connectivity index (χ1) is 12.4. The lowest BCUT2D eigenvalue weighted by Crippen LogP contribution is -2.25. The number of H-pyrrole nitrogens is 1. The van der Waals surface area contributed by atoms with Crippen molar-refractivity contribution in [2.75, 3.05) is 7.05 Å². The van der Waals surface area contributed by atoms with Crippen molar-refractivity contribution in [2.24, 2.45) is 5.92 Å². The smallest absolute Gasteiger partial charge is 0.259 e. The van der Waals surface area contributed by atoms with Crippen LogP contribution in [0.1, 0.15) is 54.1 Å². The normalized spacial score (nSPS) is 18.4. The maximum atomic E-state index is 12.8. The van der Waals surface area contributed by atoms with E-state index in [2.05, 4.69) is 23.7 Å². The molecule has 0 amide bonds. The summed E-state index contributed by atoms with van der Waals surface area (Å²) in [5.41, 5.74) is 1.24. The molecule has 0 aromatic carbocycles. The van der Waals surface area contributed by atoms with Crippen LogP contribution in [0.5, 0.6) is 0 Å². The average Bonchev–Trinajstić information content (AvgIpc) is 3.16. The lowest BCUT2D eigenvalue weighted by Gasteiger charge is -2.22. The largest absolute Gasteiger partial charge is 0.465 e. The Balaban J connectivity index is 1.65. The number of nitrogens with one attached hydrogen (secondary N) is 1. The second-order valence-electron chi connectivity index (χ2n) is 7.59. The molecule has 5 nitrogen and oxygen atoms in total. The number of hydrogen-bond donors (Lipinski definition) is 1. The summed E-state index contributed by atoms with van der Waals surface area (Å²) in [6, 6.07) is 3.96. The first kappa shape index (κ1) is 17.5. The molecule has 3 heterocycles. The van der Waals surface area contributed by atoms with Crippen LogP contribution in [0.25, 0.3) is 10.2 Å². The van der Waals surface area contributed by atoms with Crippen molar-refractivity contribution in [3.05, 3.63) is 50.3 Å². The Morgan fingerprint density at radius 2 is 2.27 bits per heavy atom. The number of aromatic amines is 1. The van der Waals surface area contributed by atoms with Gasteiger partial charge in [0.1, 0.15) is 22.2 Å². The first-order valence-electron chi connectivity index (χ1n) is 9.22. The van der Waals surface area contributed by atoms with Crippen molar-refractivity contribution in [1.29, 1.82) is 0 Å². The summed E-state index contributed by atoms with van der Waals surface area (Å²) in [4.78, 5) is 25.0. The summed E-state index contributed by atoms with van der Waals surface area (Å²) in [6.45, 7) is 6.97. The molecule has 3 aromatic heterocycles. The van der Waals surface area contributed by atoms with E-state index in [0.29, 0.717) is 12.5 Å². The Morgan fingerprint density at radius 1 is 1.46 bits per heavy atom. The van der Waals surface area contributed by atoms with Crippen molar-refractivity contribution in [3.63, 3.8) is 0 Å². The lowest BCUT2D eigenvalue weighted by atomic mass is 9.89. The number of aryl methyl sites for hydroxylation is 2. The molecule has 1 aliphatic carbocycles. The molecule has 138 valence electrons. The third-order valence-corrected chi connectivity index (χ3v) is 6.59. The summed E-state index contributed by atoms with van der Waals surface area (Å²) in [7, 11) is 2.02. The molecule has 0 saturated carbocycles. The van der Waals surface area contributed by atoms with Crippen molar-refractivity contribution in [3.8, 4) is 0 Å². The monoisotopic (exact) mass is 371 g/mol. The molecule has 3 aromatic rings. The molecule has 0 aliphatic heterocycles. The zero-order valence-corrected chi connectivity index (χ0v) is 16.6. The van der Waals surface area contributed by atoms with Crippen LogP contribution in [0.15, 0.2) is 21.3 Å². The van der Waals surface area contributed by atoms with Gasteiger partial charge in [-0.3, -0.25) is 9.69 Å². The van der Waals surface area contributed by atoms with Gasteiger partial charge in [0.25, 0.3) is 5.56 Å². The SMILES string of the molecule is Cc1ccc(CN(C)[C@H](C)c2nc3sc4c(c3c(=O)[nH]2)CC[C@H](C)C4)o1. The third-order valence-electron chi connectivity index (χ3n) is 5.44. The Morgan fingerprint density at radius 3 is 3.00 bits per heavy atom. The van der Waals surface area contributed by atoms with Gasteiger partial charge in [0.05, 0.1) is 18.0 Å². The van der Waals surface area contributed by atoms with E-state index in [0.717, 1.165) is 46.8 Å². The Bertz CT molecular complexity index is 1000. The van der Waals surface area contributed by atoms with Gasteiger partial charge in [0, 0.05) is 4.88 Å². The molecule has 26 heavy (non-hydrogen) atoms. The number of rotatable bonds is 4. The second-order valence-corrected chi connectivity index (χ2v) is 8.67. The molecule has 0 unspecified atom stereocenters. The van der Waals surface area contributed by atoms with Gasteiger partial charge in [0.2, 0.25) is 0 Å². The molecule has 0 radical (unpaired) electrons. The van der Waals surface area contributed by atoms with E-state index in [-0.39, 0.29) is 11.6 Å². The van der Waals surface area contributed by atoms with E-state index in [1.165, 1.54) is 10.4 Å². The molecule has 0 fully saturated rings. The van der Waals surface area contributed by atoms with Crippen LogP contribution >= 0.6 is 11.3 Å². The van der Waals surface area contributed by atoms with Crippen LogP contribution in [-0.2, 0) is 19.4 Å². The number of furan rings is 1. The number of aromatic nitrogens is 2. The Labute approximate surface area is 157 Å². The number of thiophene rings is 1. The van der Waals surface area contributed by atoms with Gasteiger partial charge in [-0.25, -0.2) is 4.98 Å². The molecular weight excluding hydrogens is 346 g/mol. The molecule has 0 bridgehead atoms. The number of nitrogens with zero attached hydrogens (tertiary/aromatic N) is 2. The van der Waals surface area contributed by atoms with Gasteiger partial charge in [-0.2, -0.15) is 0 Å². The van der Waals surface area contributed by atoms with E-state index in [9.17, 15) is 4.79 Å². The number of hydrogen-bond acceptors (Lipinski definition) is 5. The molecule has 1 N–H and O–H groups in total. The van der Waals surface area contributed by atoms with Crippen LogP contribution in [-0.4, -0.2) is 21.9 Å². The predicted molar refractivity (Wildman–Crippen MR) is 105 cm³/mol. The fourth-order valence-electron chi connectivity index (χ4n) is 3.72. The molecule has 1 aliphatic rings. The van der Waals surface area contributed by atoms with Crippen LogP contribution in [0.3, 0.4) is 0 Å². The molecule has 4 rings (SSSR count). The zero-order chi connectivity index (χ0) is 18.4. The summed E-state index contributed by atoms with van der Waals surface area (Å²) >= 11 is 1.70. The highest BCUT2D eigenvalue weighted by Gasteiger charge is 2.24. The van der Waals surface area contributed by atoms with E-state index < -0.39 is 0 Å². The quantitative estimate of drug-likeness (QED) is 0.746. The van der Waals surface area contributed by atoms with E-state index in [1.54, 1.807) is 11.3 Å². The van der Waals surface area contributed by atoms with E-state index in [1.807, 2.05) is 26.1 Å². The van der Waals surface area contributed by atoms with Crippen molar-refractivity contribution >= 4 is 21.6 Å². The molecule has 0 spiro atoms. The Kier molecular flexibility index (Phi) is 4.49. The topological polar surface area (TPSA) is 62.1 Å². The molecule has 6 heteroatoms. The lowest BCUT2D eigenvalue weighted by molar-refractivity contribution is 0.223. The molecule has 2 atom stereocenters. The summed E-state index contributed by atoms with van der Waals surface area (Å²) < 4.78 is 5.67. The second kappa shape index (κ2) is 6.67. The van der Waals surface area contributed by atoms with E-state index >= 15 is 0 Å². The van der Waals surface area contributed by atoms with Gasteiger partial charge < -0.3 is 9.40 Å². The highest BCUT2D eigenvalue weighted by Crippen LogP contribution is 2.36. The summed E-state index contributed by atoms with van der Waals surface area (Å²) in [6.07, 6.45) is 3.22. The maximum Gasteiger partial charge on any atom is 0.259 e. The van der Waals surface area contributed by atoms with Crippen molar-refractivity contribution in [2.45, 2.75) is 52.6 Å². The third kappa shape index (κ3) is 3.12. The van der Waals surface area contributed by atoms with Gasteiger partial charge in [-0.05, 0) is 63.8 Å². The predicted octanol–water partition coefficient (Wildman–Crippen LogP) is 4.20. The standard InChI is InChI=1S/C20H25N3O2S/c1-11-5-8-15-16(9-11)26-20-17(15)19(24)21-18(22-20)13(3)23(4)10-14-7-6-12(2)25-14/h6-7,11,13H,5,8-10H2,1-4H3,(H,21,22,24)/t11-,13+/m0/s1. The zero-order valence-electron chi connectivity index (χ0n) is 15.8. The minimum atomic E-state index is -0.00411. The highest BCUT2D eigenvalue weighted by atomic mass is 32.1. The van der Waals surface area contributed by atoms with Crippen molar-refractivity contribution < 1.29 is 4.42 Å². The highest BCUT2D eigenvalue weighted by molar-refractivity contribution is 7.18. The fraction of sp³-hybridized carbons (Fsp3) is 0.500. The van der Waals surface area contributed by atoms with Crippen molar-refractivity contribution in [1.82, 2.24) is 14.9 Å². The first-order valence-corrected chi connectivity index (χ1v) is 10.0. The van der Waals surface area contributed by atoms with Crippen LogP contribution < -0.4 is 5.56 Å². The molecular formula is C20H25N3O2S. The molecule has 0 saturated heterocycles. The van der Waals surface area contributed by atoms with Crippen LogP contribution in [0.4, 0.5) is 0 Å². The van der Waals surface area contributed by atoms with Gasteiger partial charge >= 0.3 is 0 Å². The van der Waals surface area contributed by atoms with Crippen LogP contribution in [0.2, 0.25) is 0 Å². The van der Waals surface area contributed by atoms with Gasteiger partial charge in [-0.15, -0.1) is 11.3 Å². The Hall–Kier alpha value is -1.92. The van der Waals surface area contributed by atoms with Gasteiger partial charge in [0.15, 0.2) is 0 Å². The minimum absolute atomic E-state index is 0.00411. The summed E-state index contributed by atoms with van der Waals surface area (Å²) in [5, 5.41) is 0.817. The number of fused-ring (bicyclic) bond motifs is 3. The van der Waals surface area contributed by atoms with Gasteiger partial charge in [-0.1, -0.05) is 6.92 Å². The summed E-state index contributed by atoms with van der Waals surface area (Å²) in [5.74, 6) is 3.24. The average molecular weight is 372 g/mol.